The fraction of sp³-hybridized carbons (Fsp3) is 0. The predicted molar refractivity (Wildman–Crippen MR) is 251 cm³/mol. The van der Waals surface area contributed by atoms with Crippen LogP contribution in [0.2, 0.25) is 0 Å². The van der Waals surface area contributed by atoms with E-state index < -0.39 is 0 Å². The molecule has 1 heterocycles. The van der Waals surface area contributed by atoms with Gasteiger partial charge in [-0.3, -0.25) is 0 Å². The van der Waals surface area contributed by atoms with Crippen molar-refractivity contribution >= 4 is 70.1 Å². The highest BCUT2D eigenvalue weighted by molar-refractivity contribution is 7.26. The Kier molecular flexibility index (Phi) is 8.42. The summed E-state index contributed by atoms with van der Waals surface area (Å²) < 4.78 is 2.57. The zero-order valence-corrected chi connectivity index (χ0v) is 32.5. The molecule has 0 amide bonds. The molecule has 58 heavy (non-hydrogen) atoms. The molecule has 0 N–H and O–H groups in total. The molecule has 0 saturated carbocycles. The van der Waals surface area contributed by atoms with Crippen molar-refractivity contribution < 1.29 is 0 Å². The summed E-state index contributed by atoms with van der Waals surface area (Å²) in [5, 5.41) is 7.62. The second-order valence-electron chi connectivity index (χ2n) is 14.9. The van der Waals surface area contributed by atoms with Crippen LogP contribution in [-0.4, -0.2) is 0 Å². The number of benzene rings is 10. The Hall–Kier alpha value is -7.26. The highest BCUT2D eigenvalue weighted by Crippen LogP contribution is 2.48. The van der Waals surface area contributed by atoms with Crippen LogP contribution >= 0.6 is 11.3 Å². The molecule has 10 aromatic carbocycles. The Bertz CT molecular complexity index is 3190. The SMILES string of the molecule is c1ccc(-c2cc(-c3ccccc3)cc(N(c3ccc(-c4cccc5cccc(-c6ccccc6)c45)cc3)c3cccc4sc5ccc6ccccc6c5c34)c2)cc1. The summed E-state index contributed by atoms with van der Waals surface area (Å²) in [6, 6.07) is 82.0. The topological polar surface area (TPSA) is 3.24 Å². The van der Waals surface area contributed by atoms with Gasteiger partial charge >= 0.3 is 0 Å². The molecule has 0 saturated heterocycles. The van der Waals surface area contributed by atoms with E-state index in [9.17, 15) is 0 Å². The maximum absolute atomic E-state index is 2.48. The molecule has 0 unspecified atom stereocenters. The third-order valence-electron chi connectivity index (χ3n) is 11.4. The van der Waals surface area contributed by atoms with E-state index in [1.165, 1.54) is 86.2 Å². The molecule has 1 aromatic heterocycles. The monoisotopic (exact) mass is 755 g/mol. The number of rotatable bonds is 7. The van der Waals surface area contributed by atoms with Gasteiger partial charge in [0.15, 0.2) is 0 Å². The molecule has 11 rings (SSSR count). The molecule has 1 nitrogen and oxygen atoms in total. The maximum atomic E-state index is 2.48. The van der Waals surface area contributed by atoms with Crippen molar-refractivity contribution in [1.82, 2.24) is 0 Å². The molecule has 0 fully saturated rings. The van der Waals surface area contributed by atoms with Crippen LogP contribution in [0.15, 0.2) is 224 Å². The van der Waals surface area contributed by atoms with Crippen molar-refractivity contribution in [3.05, 3.63) is 224 Å². The largest absolute Gasteiger partial charge is 0.310 e. The molecule has 0 radical (unpaired) electrons. The van der Waals surface area contributed by atoms with Crippen molar-refractivity contribution in [3.8, 4) is 44.5 Å². The van der Waals surface area contributed by atoms with Gasteiger partial charge in [0.05, 0.1) is 5.69 Å². The Morgan fingerprint density at radius 2 is 0.828 bits per heavy atom. The second-order valence-corrected chi connectivity index (χ2v) is 16.0. The zero-order valence-electron chi connectivity index (χ0n) is 31.7. The van der Waals surface area contributed by atoms with Crippen LogP contribution in [0, 0.1) is 0 Å². The van der Waals surface area contributed by atoms with E-state index >= 15 is 0 Å². The molecule has 0 aliphatic carbocycles. The van der Waals surface area contributed by atoms with E-state index in [2.05, 4.69) is 229 Å². The highest BCUT2D eigenvalue weighted by Gasteiger charge is 2.22. The van der Waals surface area contributed by atoms with E-state index in [1.54, 1.807) is 0 Å². The van der Waals surface area contributed by atoms with E-state index in [4.69, 9.17) is 0 Å². The lowest BCUT2D eigenvalue weighted by Crippen LogP contribution is -2.11. The first kappa shape index (κ1) is 34.0. The summed E-state index contributed by atoms with van der Waals surface area (Å²) in [4.78, 5) is 2.48. The minimum Gasteiger partial charge on any atom is -0.310 e. The highest BCUT2D eigenvalue weighted by atomic mass is 32.1. The van der Waals surface area contributed by atoms with Crippen LogP contribution in [-0.2, 0) is 0 Å². The van der Waals surface area contributed by atoms with Crippen LogP contribution < -0.4 is 4.90 Å². The smallest absolute Gasteiger partial charge is 0.0555 e. The first-order valence-electron chi connectivity index (χ1n) is 19.8. The number of hydrogen-bond acceptors (Lipinski definition) is 2. The van der Waals surface area contributed by atoms with Crippen molar-refractivity contribution in [1.29, 1.82) is 0 Å². The minimum atomic E-state index is 1.10. The third kappa shape index (κ3) is 5.94. The van der Waals surface area contributed by atoms with E-state index in [0.717, 1.165) is 17.1 Å². The quantitative estimate of drug-likeness (QED) is 0.157. The van der Waals surface area contributed by atoms with Crippen LogP contribution in [0.5, 0.6) is 0 Å². The molecule has 0 spiro atoms. The van der Waals surface area contributed by atoms with Gasteiger partial charge in [-0.1, -0.05) is 176 Å². The minimum absolute atomic E-state index is 1.10. The van der Waals surface area contributed by atoms with Gasteiger partial charge in [-0.25, -0.2) is 0 Å². The molecule has 11 aromatic rings. The Morgan fingerprint density at radius 3 is 1.48 bits per heavy atom. The Balaban J connectivity index is 1.16. The van der Waals surface area contributed by atoms with Crippen LogP contribution in [0.3, 0.4) is 0 Å². The number of thiophene rings is 1. The van der Waals surface area contributed by atoms with Crippen molar-refractivity contribution in [2.24, 2.45) is 0 Å². The summed E-state index contributed by atoms with van der Waals surface area (Å²) in [5.41, 5.74) is 13.0. The van der Waals surface area contributed by atoms with Gasteiger partial charge in [-0.2, -0.15) is 0 Å². The first-order chi connectivity index (χ1) is 28.8. The van der Waals surface area contributed by atoms with Crippen LogP contribution in [0.25, 0.3) is 86.2 Å². The Morgan fingerprint density at radius 1 is 0.293 bits per heavy atom. The fourth-order valence-corrected chi connectivity index (χ4v) is 9.89. The zero-order chi connectivity index (χ0) is 38.4. The average molecular weight is 756 g/mol. The summed E-state index contributed by atoms with van der Waals surface area (Å²) in [7, 11) is 0. The van der Waals surface area contributed by atoms with Gasteiger partial charge in [0.2, 0.25) is 0 Å². The molecule has 272 valence electrons. The number of anilines is 3. The lowest BCUT2D eigenvalue weighted by atomic mass is 9.91. The van der Waals surface area contributed by atoms with Crippen molar-refractivity contribution in [3.63, 3.8) is 0 Å². The van der Waals surface area contributed by atoms with Gasteiger partial charge in [0.1, 0.15) is 0 Å². The van der Waals surface area contributed by atoms with Gasteiger partial charge in [-0.05, 0) is 115 Å². The lowest BCUT2D eigenvalue weighted by Gasteiger charge is -2.28. The van der Waals surface area contributed by atoms with E-state index in [-0.39, 0.29) is 0 Å². The van der Waals surface area contributed by atoms with E-state index in [1.807, 2.05) is 11.3 Å². The summed E-state index contributed by atoms with van der Waals surface area (Å²) in [6.45, 7) is 0. The molecule has 0 aliphatic heterocycles. The van der Waals surface area contributed by atoms with Crippen LogP contribution in [0.1, 0.15) is 0 Å². The molecule has 0 aliphatic rings. The second kappa shape index (κ2) is 14.4. The Labute approximate surface area is 342 Å². The number of nitrogens with zero attached hydrogens (tertiary/aromatic N) is 1. The normalized spacial score (nSPS) is 11.4. The average Bonchev–Trinajstić information content (AvgIpc) is 3.70. The van der Waals surface area contributed by atoms with Gasteiger partial charge in [0, 0.05) is 31.5 Å². The lowest BCUT2D eigenvalue weighted by molar-refractivity contribution is 1.30. The van der Waals surface area contributed by atoms with Gasteiger partial charge < -0.3 is 4.90 Å². The standard InChI is InChI=1S/C56H37NS/c1-4-15-38(16-5-1)44-35-45(39-17-6-2-7-18-39)37-47(36-44)57(51-27-14-28-52-56(51)55-50-24-11-10-21-41(50)31-34-53(55)58-52)46-32-29-42(30-33-46)49-26-13-23-43-22-12-25-48(54(43)49)40-19-8-3-9-20-40/h1-37H. The molecule has 0 bridgehead atoms. The van der Waals surface area contributed by atoms with Crippen molar-refractivity contribution in [2.75, 3.05) is 4.90 Å². The van der Waals surface area contributed by atoms with Gasteiger partial charge in [-0.15, -0.1) is 11.3 Å². The third-order valence-corrected chi connectivity index (χ3v) is 12.5. The van der Waals surface area contributed by atoms with E-state index in [0.29, 0.717) is 0 Å². The first-order valence-corrected chi connectivity index (χ1v) is 20.7. The maximum Gasteiger partial charge on any atom is 0.0555 e. The fourth-order valence-electron chi connectivity index (χ4n) is 8.75. The summed E-state index contributed by atoms with van der Waals surface area (Å²) in [6.07, 6.45) is 0. The number of fused-ring (bicyclic) bond motifs is 6. The van der Waals surface area contributed by atoms with Crippen molar-refractivity contribution in [2.45, 2.75) is 0 Å². The summed E-state index contributed by atoms with van der Waals surface area (Å²) in [5.74, 6) is 0. The van der Waals surface area contributed by atoms with Crippen LogP contribution in [0.4, 0.5) is 17.1 Å². The predicted octanol–water partition coefficient (Wildman–Crippen LogP) is 16.5. The molecular weight excluding hydrogens is 719 g/mol. The van der Waals surface area contributed by atoms with Gasteiger partial charge in [0.25, 0.3) is 0 Å². The molecule has 0 atom stereocenters. The molecule has 2 heteroatoms. The number of hydrogen-bond donors (Lipinski definition) is 0. The summed E-state index contributed by atoms with van der Waals surface area (Å²) >= 11 is 1.87. The molecular formula is C56H37NS.